The topological polar surface area (TPSA) is 28.2 Å². The molecule has 0 aromatic carbocycles. The van der Waals surface area contributed by atoms with E-state index in [1.54, 1.807) is 0 Å². The van der Waals surface area contributed by atoms with Gasteiger partial charge < -0.3 is 10.2 Å². The largest absolute Gasteiger partial charge is 0.356 e. The highest BCUT2D eigenvalue weighted by Crippen LogP contribution is 2.24. The van der Waals surface area contributed by atoms with Gasteiger partial charge in [-0.05, 0) is 55.8 Å². The van der Waals surface area contributed by atoms with E-state index in [1.165, 1.54) is 37.2 Å². The fourth-order valence-corrected chi connectivity index (χ4v) is 3.10. The molecule has 1 aromatic heterocycles. The molecular formula is C18H31N3. The summed E-state index contributed by atoms with van der Waals surface area (Å²) in [5, 5.41) is 3.53. The quantitative estimate of drug-likeness (QED) is 0.864. The van der Waals surface area contributed by atoms with E-state index in [0.29, 0.717) is 5.92 Å². The zero-order valence-electron chi connectivity index (χ0n) is 14.2. The Balaban J connectivity index is 2.03. The summed E-state index contributed by atoms with van der Waals surface area (Å²) < 4.78 is 0. The third-order valence-electron chi connectivity index (χ3n) is 4.30. The first-order chi connectivity index (χ1) is 10.1. The summed E-state index contributed by atoms with van der Waals surface area (Å²) in [6.07, 6.45) is 3.96. The maximum atomic E-state index is 4.77. The van der Waals surface area contributed by atoms with Crippen molar-refractivity contribution >= 4 is 5.82 Å². The molecule has 118 valence electrons. The molecule has 1 atom stereocenters. The monoisotopic (exact) mass is 289 g/mol. The minimum absolute atomic E-state index is 0.694. The van der Waals surface area contributed by atoms with Gasteiger partial charge in [-0.1, -0.05) is 27.2 Å². The van der Waals surface area contributed by atoms with Crippen LogP contribution in [0.1, 0.15) is 51.3 Å². The van der Waals surface area contributed by atoms with Crippen LogP contribution in [0.2, 0.25) is 0 Å². The predicted molar refractivity (Wildman–Crippen MR) is 90.7 cm³/mol. The first-order valence-corrected chi connectivity index (χ1v) is 8.51. The summed E-state index contributed by atoms with van der Waals surface area (Å²) in [4.78, 5) is 7.25. The van der Waals surface area contributed by atoms with E-state index in [0.717, 1.165) is 31.2 Å². The second-order valence-electron chi connectivity index (χ2n) is 6.86. The molecule has 0 amide bonds. The summed E-state index contributed by atoms with van der Waals surface area (Å²) in [5.41, 5.74) is 2.49. The standard InChI is InChI=1S/C18H31N3/c1-5-16-7-6-8-21(13-16)18-10-17(9-15(4)20-18)12-19-11-14(2)3/h9-10,14,16,19H,5-8,11-13H2,1-4H3. The van der Waals surface area contributed by atoms with Crippen LogP contribution in [0.5, 0.6) is 0 Å². The Hall–Kier alpha value is -1.09. The van der Waals surface area contributed by atoms with Crippen molar-refractivity contribution < 1.29 is 0 Å². The Morgan fingerprint density at radius 1 is 1.38 bits per heavy atom. The second-order valence-corrected chi connectivity index (χ2v) is 6.86. The van der Waals surface area contributed by atoms with Crippen molar-refractivity contribution in [3.05, 3.63) is 23.4 Å². The first kappa shape index (κ1) is 16.3. The highest BCUT2D eigenvalue weighted by atomic mass is 15.2. The van der Waals surface area contributed by atoms with Gasteiger partial charge in [-0.25, -0.2) is 4.98 Å². The Labute approximate surface area is 130 Å². The molecular weight excluding hydrogens is 258 g/mol. The summed E-state index contributed by atoms with van der Waals surface area (Å²) in [5.74, 6) is 2.71. The van der Waals surface area contributed by atoms with Crippen LogP contribution in [0, 0.1) is 18.8 Å². The van der Waals surface area contributed by atoms with Crippen molar-refractivity contribution in [3.63, 3.8) is 0 Å². The number of piperidine rings is 1. The van der Waals surface area contributed by atoms with Crippen LogP contribution in [0.25, 0.3) is 0 Å². The Morgan fingerprint density at radius 3 is 2.90 bits per heavy atom. The van der Waals surface area contributed by atoms with E-state index < -0.39 is 0 Å². The van der Waals surface area contributed by atoms with Gasteiger partial charge >= 0.3 is 0 Å². The van der Waals surface area contributed by atoms with E-state index in [9.17, 15) is 0 Å². The normalized spacial score (nSPS) is 19.3. The van der Waals surface area contributed by atoms with Crippen molar-refractivity contribution in [1.82, 2.24) is 10.3 Å². The molecule has 3 nitrogen and oxygen atoms in total. The summed E-state index contributed by atoms with van der Waals surface area (Å²) >= 11 is 0. The maximum absolute atomic E-state index is 4.77. The van der Waals surface area contributed by atoms with E-state index in [-0.39, 0.29) is 0 Å². The highest BCUT2D eigenvalue weighted by Gasteiger charge is 2.19. The van der Waals surface area contributed by atoms with Gasteiger partial charge in [0, 0.05) is 25.3 Å². The maximum Gasteiger partial charge on any atom is 0.129 e. The molecule has 1 N–H and O–H groups in total. The number of pyridine rings is 1. The van der Waals surface area contributed by atoms with Gasteiger partial charge in [-0.2, -0.15) is 0 Å². The number of anilines is 1. The van der Waals surface area contributed by atoms with Crippen LogP contribution in [0.15, 0.2) is 12.1 Å². The van der Waals surface area contributed by atoms with Crippen LogP contribution in [-0.2, 0) is 6.54 Å². The average molecular weight is 289 g/mol. The zero-order valence-corrected chi connectivity index (χ0v) is 14.2. The molecule has 21 heavy (non-hydrogen) atoms. The number of nitrogens with one attached hydrogen (secondary N) is 1. The van der Waals surface area contributed by atoms with E-state index in [2.05, 4.69) is 50.0 Å². The molecule has 2 rings (SSSR count). The number of hydrogen-bond donors (Lipinski definition) is 1. The average Bonchev–Trinajstić information content (AvgIpc) is 2.46. The van der Waals surface area contributed by atoms with Crippen molar-refractivity contribution in [1.29, 1.82) is 0 Å². The summed E-state index contributed by atoms with van der Waals surface area (Å²) in [6, 6.07) is 4.48. The molecule has 1 aromatic rings. The van der Waals surface area contributed by atoms with Crippen molar-refractivity contribution in [2.75, 3.05) is 24.5 Å². The van der Waals surface area contributed by atoms with Crippen LogP contribution in [-0.4, -0.2) is 24.6 Å². The van der Waals surface area contributed by atoms with Gasteiger partial charge in [-0.15, -0.1) is 0 Å². The lowest BCUT2D eigenvalue weighted by Crippen LogP contribution is -2.35. The molecule has 1 unspecified atom stereocenters. The second kappa shape index (κ2) is 7.79. The number of aromatic nitrogens is 1. The zero-order chi connectivity index (χ0) is 15.2. The van der Waals surface area contributed by atoms with Crippen molar-refractivity contribution in [2.24, 2.45) is 11.8 Å². The Morgan fingerprint density at radius 2 is 2.19 bits per heavy atom. The molecule has 1 fully saturated rings. The Bertz CT molecular complexity index is 442. The lowest BCUT2D eigenvalue weighted by atomic mass is 9.95. The summed E-state index contributed by atoms with van der Waals surface area (Å²) in [7, 11) is 0. The van der Waals surface area contributed by atoms with Gasteiger partial charge in [0.2, 0.25) is 0 Å². The third-order valence-corrected chi connectivity index (χ3v) is 4.30. The number of aryl methyl sites for hydroxylation is 1. The summed E-state index contributed by atoms with van der Waals surface area (Å²) in [6.45, 7) is 13.2. The van der Waals surface area contributed by atoms with Gasteiger partial charge in [0.25, 0.3) is 0 Å². The van der Waals surface area contributed by atoms with Gasteiger partial charge in [-0.3, -0.25) is 0 Å². The fourth-order valence-electron chi connectivity index (χ4n) is 3.10. The fraction of sp³-hybridized carbons (Fsp3) is 0.722. The molecule has 0 aliphatic carbocycles. The predicted octanol–water partition coefficient (Wildman–Crippen LogP) is 3.76. The highest BCUT2D eigenvalue weighted by molar-refractivity contribution is 5.43. The molecule has 0 saturated carbocycles. The SMILES string of the molecule is CCC1CCCN(c2cc(CNCC(C)C)cc(C)n2)C1. The van der Waals surface area contributed by atoms with Crippen LogP contribution < -0.4 is 10.2 Å². The lowest BCUT2D eigenvalue weighted by molar-refractivity contribution is 0.403. The molecule has 2 heterocycles. The van der Waals surface area contributed by atoms with Crippen molar-refractivity contribution in [3.8, 4) is 0 Å². The van der Waals surface area contributed by atoms with Gasteiger partial charge in [0.15, 0.2) is 0 Å². The number of hydrogen-bond acceptors (Lipinski definition) is 3. The minimum Gasteiger partial charge on any atom is -0.356 e. The number of rotatable bonds is 6. The van der Waals surface area contributed by atoms with Crippen molar-refractivity contribution in [2.45, 2.75) is 53.5 Å². The smallest absolute Gasteiger partial charge is 0.129 e. The van der Waals surface area contributed by atoms with Gasteiger partial charge in [0.1, 0.15) is 5.82 Å². The van der Waals surface area contributed by atoms with Crippen LogP contribution in [0.4, 0.5) is 5.82 Å². The number of nitrogens with zero attached hydrogens (tertiary/aromatic N) is 2. The minimum atomic E-state index is 0.694. The van der Waals surface area contributed by atoms with Crippen LogP contribution >= 0.6 is 0 Å². The van der Waals surface area contributed by atoms with Gasteiger partial charge in [0.05, 0.1) is 0 Å². The molecule has 0 bridgehead atoms. The molecule has 1 aliphatic rings. The first-order valence-electron chi connectivity index (χ1n) is 8.51. The third kappa shape index (κ3) is 4.99. The molecule has 0 radical (unpaired) electrons. The van der Waals surface area contributed by atoms with E-state index >= 15 is 0 Å². The molecule has 1 aliphatic heterocycles. The lowest BCUT2D eigenvalue weighted by Gasteiger charge is -2.33. The van der Waals surface area contributed by atoms with E-state index in [1.807, 2.05) is 0 Å². The Kier molecular flexibility index (Phi) is 6.04. The van der Waals surface area contributed by atoms with E-state index in [4.69, 9.17) is 4.98 Å². The molecule has 3 heteroatoms. The molecule has 0 spiro atoms. The van der Waals surface area contributed by atoms with Crippen LogP contribution in [0.3, 0.4) is 0 Å². The molecule has 1 saturated heterocycles.